The van der Waals surface area contributed by atoms with Crippen molar-refractivity contribution in [2.75, 3.05) is 11.9 Å². The zero-order valence-electron chi connectivity index (χ0n) is 10.8. The second-order valence-electron chi connectivity index (χ2n) is 5.94. The average Bonchev–Trinajstić information content (AvgIpc) is 2.77. The van der Waals surface area contributed by atoms with E-state index in [1.165, 1.54) is 24.8 Å². The zero-order chi connectivity index (χ0) is 12.6. The predicted molar refractivity (Wildman–Crippen MR) is 72.5 cm³/mol. The highest BCUT2D eigenvalue weighted by molar-refractivity contribution is 5.87. The summed E-state index contributed by atoms with van der Waals surface area (Å²) in [5.41, 5.74) is 2.70. The molecule has 0 saturated heterocycles. The summed E-state index contributed by atoms with van der Waals surface area (Å²) in [7, 11) is 0. The second kappa shape index (κ2) is 4.30. The first-order chi connectivity index (χ1) is 8.66. The molecule has 0 bridgehead atoms. The maximum absolute atomic E-state index is 12.1. The van der Waals surface area contributed by atoms with Crippen molar-refractivity contribution in [3.05, 3.63) is 29.8 Å². The summed E-state index contributed by atoms with van der Waals surface area (Å²) in [4.78, 5) is 12.1. The lowest BCUT2D eigenvalue weighted by Gasteiger charge is -2.38. The van der Waals surface area contributed by atoms with Crippen LogP contribution in [0.4, 0.5) is 5.69 Å². The molecule has 1 unspecified atom stereocenters. The number of carbonyl (C=O) groups is 1. The van der Waals surface area contributed by atoms with Gasteiger partial charge in [0.2, 0.25) is 5.91 Å². The first-order valence-corrected chi connectivity index (χ1v) is 6.78. The number of anilines is 1. The lowest BCUT2D eigenvalue weighted by Crippen LogP contribution is -2.45. The van der Waals surface area contributed by atoms with Crippen LogP contribution in [0.3, 0.4) is 0 Å². The fourth-order valence-corrected chi connectivity index (χ4v) is 2.84. The summed E-state index contributed by atoms with van der Waals surface area (Å²) in [6, 6.07) is 8.06. The molecule has 2 N–H and O–H groups in total. The highest BCUT2D eigenvalue weighted by Crippen LogP contribution is 2.39. The summed E-state index contributed by atoms with van der Waals surface area (Å²) in [5, 5.41) is 6.39. The molecular weight excluding hydrogens is 224 g/mol. The number of hydrogen-bond acceptors (Lipinski definition) is 2. The Balaban J connectivity index is 1.56. The van der Waals surface area contributed by atoms with Crippen molar-refractivity contribution in [1.82, 2.24) is 5.32 Å². The summed E-state index contributed by atoms with van der Waals surface area (Å²) in [6.07, 6.45) is 4.59. The average molecular weight is 244 g/mol. The van der Waals surface area contributed by atoms with E-state index in [1.54, 1.807) is 0 Å². The molecule has 1 aliphatic heterocycles. The molecule has 3 heteroatoms. The standard InChI is InChI=1S/C15H20N2O/c1-15(7-4-8-15)10-16-14(18)13-9-11-5-2-3-6-12(11)17-13/h2-3,5-6,13,17H,4,7-10H2,1H3,(H,16,18). The van der Waals surface area contributed by atoms with Gasteiger partial charge in [0.05, 0.1) is 0 Å². The van der Waals surface area contributed by atoms with Crippen LogP contribution in [0.5, 0.6) is 0 Å². The Kier molecular flexibility index (Phi) is 2.77. The highest BCUT2D eigenvalue weighted by Gasteiger charge is 2.33. The van der Waals surface area contributed by atoms with Gasteiger partial charge in [-0.3, -0.25) is 4.79 Å². The molecule has 96 valence electrons. The monoisotopic (exact) mass is 244 g/mol. The maximum atomic E-state index is 12.1. The van der Waals surface area contributed by atoms with E-state index in [4.69, 9.17) is 0 Å². The third-order valence-electron chi connectivity index (χ3n) is 4.34. The zero-order valence-corrected chi connectivity index (χ0v) is 10.8. The van der Waals surface area contributed by atoms with Gasteiger partial charge in [0, 0.05) is 18.7 Å². The van der Waals surface area contributed by atoms with Crippen molar-refractivity contribution in [2.24, 2.45) is 5.41 Å². The van der Waals surface area contributed by atoms with E-state index in [-0.39, 0.29) is 11.9 Å². The minimum atomic E-state index is -0.0916. The van der Waals surface area contributed by atoms with E-state index in [0.717, 1.165) is 18.7 Å². The van der Waals surface area contributed by atoms with Crippen LogP contribution in [-0.4, -0.2) is 18.5 Å². The molecule has 1 heterocycles. The molecule has 1 fully saturated rings. The minimum absolute atomic E-state index is 0.0916. The molecule has 1 aromatic carbocycles. The molecule has 2 aliphatic rings. The topological polar surface area (TPSA) is 41.1 Å². The molecule has 0 spiro atoms. The van der Waals surface area contributed by atoms with Gasteiger partial charge in [-0.05, 0) is 29.9 Å². The van der Waals surface area contributed by atoms with Crippen LogP contribution in [-0.2, 0) is 11.2 Å². The Hall–Kier alpha value is -1.51. The van der Waals surface area contributed by atoms with Gasteiger partial charge < -0.3 is 10.6 Å². The Morgan fingerprint density at radius 2 is 2.22 bits per heavy atom. The van der Waals surface area contributed by atoms with Gasteiger partial charge in [0.25, 0.3) is 0 Å². The molecule has 1 atom stereocenters. The van der Waals surface area contributed by atoms with Crippen LogP contribution in [0.15, 0.2) is 24.3 Å². The third kappa shape index (κ3) is 2.09. The van der Waals surface area contributed by atoms with Crippen molar-refractivity contribution in [3.8, 4) is 0 Å². The van der Waals surface area contributed by atoms with Crippen LogP contribution in [0, 0.1) is 5.41 Å². The van der Waals surface area contributed by atoms with Crippen LogP contribution >= 0.6 is 0 Å². The number of hydrogen-bond donors (Lipinski definition) is 2. The number of amides is 1. The second-order valence-corrected chi connectivity index (χ2v) is 5.94. The van der Waals surface area contributed by atoms with Gasteiger partial charge >= 0.3 is 0 Å². The van der Waals surface area contributed by atoms with E-state index < -0.39 is 0 Å². The quantitative estimate of drug-likeness (QED) is 0.857. The normalized spacial score (nSPS) is 23.7. The molecule has 3 nitrogen and oxygen atoms in total. The van der Waals surface area contributed by atoms with Crippen molar-refractivity contribution >= 4 is 11.6 Å². The number of benzene rings is 1. The Bertz CT molecular complexity index is 440. The molecular formula is C15H20N2O. The fraction of sp³-hybridized carbons (Fsp3) is 0.533. The van der Waals surface area contributed by atoms with Crippen LogP contribution < -0.4 is 10.6 Å². The van der Waals surface area contributed by atoms with E-state index in [9.17, 15) is 4.79 Å². The summed E-state index contributed by atoms with van der Waals surface area (Å²) in [6.45, 7) is 3.08. The molecule has 1 aromatic rings. The van der Waals surface area contributed by atoms with E-state index in [0.29, 0.717) is 5.41 Å². The van der Waals surface area contributed by atoms with Gasteiger partial charge in [-0.25, -0.2) is 0 Å². The Morgan fingerprint density at radius 3 is 2.89 bits per heavy atom. The third-order valence-corrected chi connectivity index (χ3v) is 4.34. The summed E-state index contributed by atoms with van der Waals surface area (Å²) in [5.74, 6) is 0.138. The maximum Gasteiger partial charge on any atom is 0.242 e. The van der Waals surface area contributed by atoms with Crippen molar-refractivity contribution in [2.45, 2.75) is 38.6 Å². The van der Waals surface area contributed by atoms with Crippen molar-refractivity contribution < 1.29 is 4.79 Å². The highest BCUT2D eigenvalue weighted by atomic mass is 16.2. The number of rotatable bonds is 3. The van der Waals surface area contributed by atoms with Crippen molar-refractivity contribution in [1.29, 1.82) is 0 Å². The molecule has 18 heavy (non-hydrogen) atoms. The van der Waals surface area contributed by atoms with Gasteiger partial charge in [0.1, 0.15) is 6.04 Å². The number of nitrogens with one attached hydrogen (secondary N) is 2. The number of fused-ring (bicyclic) bond motifs is 1. The number of carbonyl (C=O) groups excluding carboxylic acids is 1. The molecule has 3 rings (SSSR count). The van der Waals surface area contributed by atoms with Crippen molar-refractivity contribution in [3.63, 3.8) is 0 Å². The van der Waals surface area contributed by atoms with E-state index in [2.05, 4.69) is 23.6 Å². The SMILES string of the molecule is CC1(CNC(=O)C2Cc3ccccc3N2)CCC1. The van der Waals surface area contributed by atoms with Gasteiger partial charge in [-0.15, -0.1) is 0 Å². The first kappa shape index (κ1) is 11.6. The van der Waals surface area contributed by atoms with Crippen LogP contribution in [0.25, 0.3) is 0 Å². The number of para-hydroxylation sites is 1. The molecule has 1 saturated carbocycles. The Morgan fingerprint density at radius 1 is 1.44 bits per heavy atom. The van der Waals surface area contributed by atoms with E-state index >= 15 is 0 Å². The van der Waals surface area contributed by atoms with Gasteiger partial charge in [-0.1, -0.05) is 31.5 Å². The molecule has 1 aliphatic carbocycles. The van der Waals surface area contributed by atoms with Gasteiger partial charge in [-0.2, -0.15) is 0 Å². The minimum Gasteiger partial charge on any atom is -0.373 e. The fourth-order valence-electron chi connectivity index (χ4n) is 2.84. The van der Waals surface area contributed by atoms with Crippen LogP contribution in [0.1, 0.15) is 31.7 Å². The first-order valence-electron chi connectivity index (χ1n) is 6.78. The smallest absolute Gasteiger partial charge is 0.242 e. The summed E-state index contributed by atoms with van der Waals surface area (Å²) < 4.78 is 0. The predicted octanol–water partition coefficient (Wildman–Crippen LogP) is 2.33. The molecule has 0 radical (unpaired) electrons. The molecule has 1 amide bonds. The largest absolute Gasteiger partial charge is 0.373 e. The Labute approximate surface area is 108 Å². The summed E-state index contributed by atoms with van der Waals surface area (Å²) >= 11 is 0. The van der Waals surface area contributed by atoms with E-state index in [1.807, 2.05) is 18.2 Å². The molecule has 0 aromatic heterocycles. The lowest BCUT2D eigenvalue weighted by atomic mass is 9.70. The van der Waals surface area contributed by atoms with Gasteiger partial charge in [0.15, 0.2) is 0 Å². The van der Waals surface area contributed by atoms with Crippen LogP contribution in [0.2, 0.25) is 0 Å². The lowest BCUT2D eigenvalue weighted by molar-refractivity contribution is -0.122.